The van der Waals surface area contributed by atoms with Gasteiger partial charge < -0.3 is 5.32 Å². The lowest BCUT2D eigenvalue weighted by atomic mass is 9.88. The smallest absolute Gasteiger partial charge is 0.256 e. The Kier molecular flexibility index (Phi) is 5.74. The largest absolute Gasteiger partial charge is 0.352 e. The Morgan fingerprint density at radius 1 is 1.08 bits per heavy atom. The van der Waals surface area contributed by atoms with Crippen molar-refractivity contribution < 1.29 is 4.79 Å². The van der Waals surface area contributed by atoms with Gasteiger partial charge in [0.25, 0.3) is 5.91 Å². The molecular weight excluding hydrogens is 346 g/mol. The molecule has 134 valence electrons. The van der Waals surface area contributed by atoms with Crippen molar-refractivity contribution in [3.8, 4) is 0 Å². The molecule has 1 heterocycles. The summed E-state index contributed by atoms with van der Waals surface area (Å²) in [6, 6.07) is 20.7. The fraction of sp³-hybridized carbons (Fsp3) is 0.238. The van der Waals surface area contributed by atoms with E-state index < -0.39 is 0 Å². The Morgan fingerprint density at radius 2 is 1.62 bits per heavy atom. The fourth-order valence-electron chi connectivity index (χ4n) is 3.20. The zero-order valence-corrected chi connectivity index (χ0v) is 15.7. The number of amides is 1. The predicted molar refractivity (Wildman–Crippen MR) is 105 cm³/mol. The summed E-state index contributed by atoms with van der Waals surface area (Å²) in [5.41, 5.74) is 3.56. The van der Waals surface area contributed by atoms with Gasteiger partial charge in [0.1, 0.15) is 5.15 Å². The van der Waals surface area contributed by atoms with Gasteiger partial charge in [-0.3, -0.25) is 9.48 Å². The molecule has 1 aromatic heterocycles. The number of benzene rings is 2. The average molecular weight is 368 g/mol. The van der Waals surface area contributed by atoms with E-state index in [4.69, 9.17) is 11.6 Å². The quantitative estimate of drug-likeness (QED) is 0.704. The van der Waals surface area contributed by atoms with Crippen LogP contribution in [0.2, 0.25) is 5.15 Å². The van der Waals surface area contributed by atoms with Crippen LogP contribution in [0.3, 0.4) is 0 Å². The van der Waals surface area contributed by atoms with Crippen molar-refractivity contribution in [2.45, 2.75) is 19.3 Å². The normalized spacial score (nSPS) is 10.9. The Morgan fingerprint density at radius 3 is 2.08 bits per heavy atom. The van der Waals surface area contributed by atoms with E-state index in [0.717, 1.165) is 6.42 Å². The highest BCUT2D eigenvalue weighted by Gasteiger charge is 2.19. The standard InChI is InChI=1S/C21H22ClN3O/c1-15-19(20(22)25(2)24-15)21(26)23-14-13-18(16-9-5-3-6-10-16)17-11-7-4-8-12-17/h3-12,18H,13-14H2,1-2H3,(H,23,26). The number of aryl methyl sites for hydroxylation is 2. The van der Waals surface area contributed by atoms with Crippen LogP contribution in [0.25, 0.3) is 0 Å². The van der Waals surface area contributed by atoms with Crippen LogP contribution in [-0.4, -0.2) is 22.2 Å². The molecule has 0 aliphatic carbocycles. The predicted octanol–water partition coefficient (Wildman–Crippen LogP) is 4.33. The van der Waals surface area contributed by atoms with E-state index in [9.17, 15) is 4.79 Å². The first-order valence-corrected chi connectivity index (χ1v) is 9.03. The molecule has 0 bridgehead atoms. The topological polar surface area (TPSA) is 46.9 Å². The molecule has 0 saturated heterocycles. The Balaban J connectivity index is 1.72. The molecule has 26 heavy (non-hydrogen) atoms. The number of nitrogens with zero attached hydrogens (tertiary/aromatic N) is 2. The van der Waals surface area contributed by atoms with Crippen molar-refractivity contribution in [3.05, 3.63) is 88.2 Å². The van der Waals surface area contributed by atoms with E-state index in [-0.39, 0.29) is 11.8 Å². The third kappa shape index (κ3) is 3.97. The van der Waals surface area contributed by atoms with Gasteiger partial charge in [0.05, 0.1) is 11.3 Å². The highest BCUT2D eigenvalue weighted by Crippen LogP contribution is 2.27. The lowest BCUT2D eigenvalue weighted by Crippen LogP contribution is -2.26. The van der Waals surface area contributed by atoms with E-state index in [2.05, 4.69) is 34.7 Å². The van der Waals surface area contributed by atoms with Gasteiger partial charge in [0.2, 0.25) is 0 Å². The number of carbonyl (C=O) groups is 1. The summed E-state index contributed by atoms with van der Waals surface area (Å²) in [5.74, 6) is 0.0450. The van der Waals surface area contributed by atoms with Crippen LogP contribution >= 0.6 is 11.6 Å². The summed E-state index contributed by atoms with van der Waals surface area (Å²) in [6.45, 7) is 2.34. The van der Waals surface area contributed by atoms with Crippen molar-refractivity contribution in [3.63, 3.8) is 0 Å². The molecule has 0 unspecified atom stereocenters. The first kappa shape index (κ1) is 18.2. The second-order valence-electron chi connectivity index (χ2n) is 6.29. The summed E-state index contributed by atoms with van der Waals surface area (Å²) in [5, 5.41) is 7.54. The molecule has 0 aliphatic rings. The molecule has 0 atom stereocenters. The second kappa shape index (κ2) is 8.19. The van der Waals surface area contributed by atoms with Crippen LogP contribution in [0.5, 0.6) is 0 Å². The molecule has 0 spiro atoms. The van der Waals surface area contributed by atoms with Crippen LogP contribution in [-0.2, 0) is 7.05 Å². The monoisotopic (exact) mass is 367 g/mol. The first-order chi connectivity index (χ1) is 12.6. The van der Waals surface area contributed by atoms with E-state index >= 15 is 0 Å². The molecule has 0 radical (unpaired) electrons. The zero-order valence-electron chi connectivity index (χ0n) is 14.9. The summed E-state index contributed by atoms with van der Waals surface area (Å²) >= 11 is 6.18. The van der Waals surface area contributed by atoms with E-state index in [1.165, 1.54) is 15.8 Å². The van der Waals surface area contributed by atoms with Gasteiger partial charge in [-0.15, -0.1) is 0 Å². The molecule has 1 amide bonds. The van der Waals surface area contributed by atoms with Crippen LogP contribution in [0, 0.1) is 6.92 Å². The molecule has 0 saturated carbocycles. The maximum Gasteiger partial charge on any atom is 0.256 e. The van der Waals surface area contributed by atoms with Gasteiger partial charge in [0.15, 0.2) is 0 Å². The van der Waals surface area contributed by atoms with Crippen LogP contribution < -0.4 is 5.32 Å². The van der Waals surface area contributed by atoms with Crippen molar-refractivity contribution in [1.29, 1.82) is 0 Å². The molecule has 0 aliphatic heterocycles. The van der Waals surface area contributed by atoms with Crippen molar-refractivity contribution in [2.75, 3.05) is 6.54 Å². The molecule has 5 heteroatoms. The lowest BCUT2D eigenvalue weighted by molar-refractivity contribution is 0.0952. The molecule has 3 rings (SSSR count). The number of carbonyl (C=O) groups excluding carboxylic acids is 1. The second-order valence-corrected chi connectivity index (χ2v) is 6.65. The average Bonchev–Trinajstić information content (AvgIpc) is 2.92. The van der Waals surface area contributed by atoms with Gasteiger partial charge in [-0.25, -0.2) is 0 Å². The zero-order chi connectivity index (χ0) is 18.5. The van der Waals surface area contributed by atoms with Crippen molar-refractivity contribution in [1.82, 2.24) is 15.1 Å². The van der Waals surface area contributed by atoms with Crippen molar-refractivity contribution >= 4 is 17.5 Å². The van der Waals surface area contributed by atoms with Gasteiger partial charge in [-0.1, -0.05) is 72.3 Å². The summed E-state index contributed by atoms with van der Waals surface area (Å²) in [6.07, 6.45) is 0.802. The van der Waals surface area contributed by atoms with Crippen LogP contribution in [0.4, 0.5) is 0 Å². The highest BCUT2D eigenvalue weighted by atomic mass is 35.5. The number of rotatable bonds is 6. The number of halogens is 1. The van der Waals surface area contributed by atoms with Gasteiger partial charge >= 0.3 is 0 Å². The maximum absolute atomic E-state index is 12.5. The Labute approximate surface area is 158 Å². The molecular formula is C21H22ClN3O. The Bertz CT molecular complexity index is 836. The molecule has 3 aromatic rings. The third-order valence-corrected chi connectivity index (χ3v) is 4.94. The van der Waals surface area contributed by atoms with E-state index in [1.807, 2.05) is 36.4 Å². The number of hydrogen-bond donors (Lipinski definition) is 1. The molecule has 2 aromatic carbocycles. The van der Waals surface area contributed by atoms with Crippen LogP contribution in [0.1, 0.15) is 39.5 Å². The van der Waals surface area contributed by atoms with E-state index in [0.29, 0.717) is 23.0 Å². The van der Waals surface area contributed by atoms with Gasteiger partial charge in [-0.05, 0) is 24.5 Å². The number of hydrogen-bond acceptors (Lipinski definition) is 2. The SMILES string of the molecule is Cc1nn(C)c(Cl)c1C(=O)NCCC(c1ccccc1)c1ccccc1. The minimum absolute atomic E-state index is 0.180. The first-order valence-electron chi connectivity index (χ1n) is 8.65. The summed E-state index contributed by atoms with van der Waals surface area (Å²) < 4.78 is 1.52. The lowest BCUT2D eigenvalue weighted by Gasteiger charge is -2.18. The number of aromatic nitrogens is 2. The maximum atomic E-state index is 12.5. The van der Waals surface area contributed by atoms with Gasteiger partial charge in [-0.2, -0.15) is 5.10 Å². The van der Waals surface area contributed by atoms with Gasteiger partial charge in [0, 0.05) is 19.5 Å². The minimum Gasteiger partial charge on any atom is -0.352 e. The summed E-state index contributed by atoms with van der Waals surface area (Å²) in [7, 11) is 1.73. The minimum atomic E-state index is -0.180. The molecule has 0 fully saturated rings. The Hall–Kier alpha value is -2.59. The van der Waals surface area contributed by atoms with E-state index in [1.54, 1.807) is 14.0 Å². The molecule has 1 N–H and O–H groups in total. The third-order valence-electron chi connectivity index (χ3n) is 4.50. The summed E-state index contributed by atoms with van der Waals surface area (Å²) in [4.78, 5) is 12.5. The fourth-order valence-corrected chi connectivity index (χ4v) is 3.46. The van der Waals surface area contributed by atoms with Crippen molar-refractivity contribution in [2.24, 2.45) is 7.05 Å². The highest BCUT2D eigenvalue weighted by molar-refractivity contribution is 6.33. The van der Waals surface area contributed by atoms with Crippen LogP contribution in [0.15, 0.2) is 60.7 Å². The number of nitrogens with one attached hydrogen (secondary N) is 1. The molecule has 4 nitrogen and oxygen atoms in total.